The smallest absolute Gasteiger partial charge is 0.341 e. The monoisotopic (exact) mass is 278 g/mol. The number of hydrogen-bond donors (Lipinski definition) is 2. The summed E-state index contributed by atoms with van der Waals surface area (Å²) in [4.78, 5) is 24.5. The lowest BCUT2D eigenvalue weighted by molar-refractivity contribution is -0.139. The zero-order chi connectivity index (χ0) is 14.5. The van der Waals surface area contributed by atoms with Gasteiger partial charge in [-0.3, -0.25) is 0 Å². The summed E-state index contributed by atoms with van der Waals surface area (Å²) in [6.45, 7) is 2.32. The molecule has 2 rings (SSSR count). The fourth-order valence-electron chi connectivity index (χ4n) is 2.26. The normalized spacial score (nSPS) is 17.9. The summed E-state index contributed by atoms with van der Waals surface area (Å²) in [6.07, 6.45) is 2.01. The highest BCUT2D eigenvalue weighted by molar-refractivity contribution is 5.91. The number of hydrogen-bond acceptors (Lipinski definition) is 3. The van der Waals surface area contributed by atoms with E-state index in [4.69, 9.17) is 9.84 Å². The second-order valence-corrected chi connectivity index (χ2v) is 4.79. The molecule has 0 aromatic heterocycles. The third-order valence-corrected chi connectivity index (χ3v) is 3.29. The standard InChI is InChI=1S/C14H18N2O4/c1-10-5-4-8-16(10)14(19)15-11-6-2-3-7-12(11)20-9-13(17)18/h2-3,6-7,10H,4-5,8-9H2,1H3,(H,15,19)(H,17,18). The van der Waals surface area contributed by atoms with Crippen molar-refractivity contribution < 1.29 is 19.4 Å². The second-order valence-electron chi connectivity index (χ2n) is 4.79. The zero-order valence-electron chi connectivity index (χ0n) is 11.3. The number of urea groups is 1. The number of aliphatic carboxylic acids is 1. The van der Waals surface area contributed by atoms with Gasteiger partial charge in [0.2, 0.25) is 0 Å². The van der Waals surface area contributed by atoms with Crippen LogP contribution in [0.5, 0.6) is 5.75 Å². The molecule has 6 heteroatoms. The molecule has 0 radical (unpaired) electrons. The number of rotatable bonds is 4. The summed E-state index contributed by atoms with van der Waals surface area (Å²) in [5.41, 5.74) is 0.484. The number of anilines is 1. The first-order chi connectivity index (χ1) is 9.58. The van der Waals surface area contributed by atoms with Gasteiger partial charge < -0.3 is 20.1 Å². The number of ether oxygens (including phenoxy) is 1. The van der Waals surface area contributed by atoms with Crippen molar-refractivity contribution in [2.45, 2.75) is 25.8 Å². The summed E-state index contributed by atoms with van der Waals surface area (Å²) < 4.78 is 5.16. The summed E-state index contributed by atoms with van der Waals surface area (Å²) in [5, 5.41) is 11.4. The highest BCUT2D eigenvalue weighted by Crippen LogP contribution is 2.25. The maximum atomic E-state index is 12.2. The van der Waals surface area contributed by atoms with Crippen LogP contribution in [0.3, 0.4) is 0 Å². The van der Waals surface area contributed by atoms with Gasteiger partial charge in [-0.25, -0.2) is 9.59 Å². The molecule has 1 aliphatic rings. The third kappa shape index (κ3) is 3.40. The molecule has 1 unspecified atom stereocenters. The second kappa shape index (κ2) is 6.27. The first-order valence-corrected chi connectivity index (χ1v) is 6.59. The van der Waals surface area contributed by atoms with Crippen molar-refractivity contribution in [2.75, 3.05) is 18.5 Å². The van der Waals surface area contributed by atoms with Gasteiger partial charge in [-0.1, -0.05) is 12.1 Å². The van der Waals surface area contributed by atoms with Crippen LogP contribution in [-0.4, -0.2) is 41.2 Å². The van der Waals surface area contributed by atoms with Crippen molar-refractivity contribution in [3.63, 3.8) is 0 Å². The molecule has 108 valence electrons. The van der Waals surface area contributed by atoms with Gasteiger partial charge in [0.15, 0.2) is 6.61 Å². The van der Waals surface area contributed by atoms with Crippen LogP contribution in [0, 0.1) is 0 Å². The van der Waals surface area contributed by atoms with E-state index in [2.05, 4.69) is 5.32 Å². The first kappa shape index (κ1) is 14.2. The van der Waals surface area contributed by atoms with Crippen molar-refractivity contribution >= 4 is 17.7 Å². The maximum absolute atomic E-state index is 12.2. The number of para-hydroxylation sites is 2. The van der Waals surface area contributed by atoms with Crippen molar-refractivity contribution in [1.29, 1.82) is 0 Å². The van der Waals surface area contributed by atoms with Crippen molar-refractivity contribution in [2.24, 2.45) is 0 Å². The Morgan fingerprint density at radius 3 is 2.85 bits per heavy atom. The summed E-state index contributed by atoms with van der Waals surface area (Å²) in [6, 6.07) is 6.85. The van der Waals surface area contributed by atoms with Gasteiger partial charge in [-0.05, 0) is 31.9 Å². The van der Waals surface area contributed by atoms with Gasteiger partial charge in [0.05, 0.1) is 5.69 Å². The number of nitrogens with zero attached hydrogens (tertiary/aromatic N) is 1. The number of nitrogens with one attached hydrogen (secondary N) is 1. The minimum atomic E-state index is -1.06. The predicted octanol–water partition coefficient (Wildman–Crippen LogP) is 2.17. The quantitative estimate of drug-likeness (QED) is 0.884. The number of carboxylic acids is 1. The molecule has 0 saturated carbocycles. The van der Waals surface area contributed by atoms with Gasteiger partial charge in [-0.2, -0.15) is 0 Å². The van der Waals surface area contributed by atoms with Gasteiger partial charge in [0, 0.05) is 12.6 Å². The Bertz CT molecular complexity index is 504. The number of benzene rings is 1. The Morgan fingerprint density at radius 1 is 1.45 bits per heavy atom. The molecule has 1 aromatic rings. The van der Waals surface area contributed by atoms with E-state index in [1.165, 1.54) is 0 Å². The SMILES string of the molecule is CC1CCCN1C(=O)Nc1ccccc1OCC(=O)O. The van der Waals surface area contributed by atoms with Gasteiger partial charge in [0.25, 0.3) is 0 Å². The van der Waals surface area contributed by atoms with Crippen molar-refractivity contribution in [1.82, 2.24) is 4.90 Å². The van der Waals surface area contributed by atoms with E-state index in [9.17, 15) is 9.59 Å². The molecule has 1 saturated heterocycles. The van der Waals surface area contributed by atoms with E-state index in [0.717, 1.165) is 19.4 Å². The van der Waals surface area contributed by atoms with E-state index >= 15 is 0 Å². The van der Waals surface area contributed by atoms with Crippen molar-refractivity contribution in [3.8, 4) is 5.75 Å². The number of likely N-dealkylation sites (tertiary alicyclic amines) is 1. The van der Waals surface area contributed by atoms with Crippen LogP contribution in [-0.2, 0) is 4.79 Å². The Kier molecular flexibility index (Phi) is 4.45. The lowest BCUT2D eigenvalue weighted by Gasteiger charge is -2.22. The first-order valence-electron chi connectivity index (χ1n) is 6.59. The van der Waals surface area contributed by atoms with Crippen molar-refractivity contribution in [3.05, 3.63) is 24.3 Å². The van der Waals surface area contributed by atoms with Crippen LogP contribution in [0.2, 0.25) is 0 Å². The van der Waals surface area contributed by atoms with Crippen LogP contribution in [0.15, 0.2) is 24.3 Å². The molecule has 1 aromatic carbocycles. The zero-order valence-corrected chi connectivity index (χ0v) is 11.3. The molecular formula is C14H18N2O4. The highest BCUT2D eigenvalue weighted by Gasteiger charge is 2.25. The topological polar surface area (TPSA) is 78.9 Å². The van der Waals surface area contributed by atoms with Gasteiger partial charge in [0.1, 0.15) is 5.75 Å². The Balaban J connectivity index is 2.04. The molecule has 1 aliphatic heterocycles. The minimum absolute atomic E-state index is 0.179. The van der Waals surface area contributed by atoms with Crippen LogP contribution < -0.4 is 10.1 Å². The molecule has 1 atom stereocenters. The fourth-order valence-corrected chi connectivity index (χ4v) is 2.26. The largest absolute Gasteiger partial charge is 0.480 e. The maximum Gasteiger partial charge on any atom is 0.341 e. The lowest BCUT2D eigenvalue weighted by Crippen LogP contribution is -2.37. The minimum Gasteiger partial charge on any atom is -0.480 e. The van der Waals surface area contributed by atoms with Crippen LogP contribution in [0.4, 0.5) is 10.5 Å². The molecule has 1 heterocycles. The van der Waals surface area contributed by atoms with E-state index in [-0.39, 0.29) is 12.1 Å². The molecule has 2 amide bonds. The molecule has 0 aliphatic carbocycles. The fraction of sp³-hybridized carbons (Fsp3) is 0.429. The predicted molar refractivity (Wildman–Crippen MR) is 74.0 cm³/mol. The van der Waals surface area contributed by atoms with Crippen LogP contribution in [0.25, 0.3) is 0 Å². The number of amides is 2. The van der Waals surface area contributed by atoms with Gasteiger partial charge in [-0.15, -0.1) is 0 Å². The summed E-state index contributed by atoms with van der Waals surface area (Å²) in [7, 11) is 0. The summed E-state index contributed by atoms with van der Waals surface area (Å²) in [5.74, 6) is -0.700. The Labute approximate surface area is 117 Å². The van der Waals surface area contributed by atoms with E-state index in [1.807, 2.05) is 6.92 Å². The number of carbonyl (C=O) groups is 2. The van der Waals surface area contributed by atoms with Crippen LogP contribution >= 0.6 is 0 Å². The molecular weight excluding hydrogens is 260 g/mol. The van der Waals surface area contributed by atoms with E-state index < -0.39 is 12.6 Å². The average Bonchev–Trinajstić information content (AvgIpc) is 2.84. The third-order valence-electron chi connectivity index (χ3n) is 3.29. The Morgan fingerprint density at radius 2 is 2.20 bits per heavy atom. The molecule has 0 spiro atoms. The molecule has 6 nitrogen and oxygen atoms in total. The molecule has 1 fully saturated rings. The highest BCUT2D eigenvalue weighted by atomic mass is 16.5. The lowest BCUT2D eigenvalue weighted by atomic mass is 10.2. The molecule has 0 bridgehead atoms. The average molecular weight is 278 g/mol. The van der Waals surface area contributed by atoms with Gasteiger partial charge >= 0.3 is 12.0 Å². The molecule has 2 N–H and O–H groups in total. The van der Waals surface area contributed by atoms with E-state index in [1.54, 1.807) is 29.2 Å². The number of carboxylic acid groups (broad SMARTS) is 1. The van der Waals surface area contributed by atoms with E-state index in [0.29, 0.717) is 11.4 Å². The Hall–Kier alpha value is -2.24. The summed E-state index contributed by atoms with van der Waals surface area (Å²) >= 11 is 0. The van der Waals surface area contributed by atoms with Crippen LogP contribution in [0.1, 0.15) is 19.8 Å². The molecule has 20 heavy (non-hydrogen) atoms. The number of carbonyl (C=O) groups excluding carboxylic acids is 1.